The van der Waals surface area contributed by atoms with Gasteiger partial charge in [-0.2, -0.15) is 0 Å². The van der Waals surface area contributed by atoms with Crippen LogP contribution in [0.2, 0.25) is 0 Å². The first-order valence-electron chi connectivity index (χ1n) is 31.4. The number of hydrogen-bond acceptors (Lipinski definition) is 36. The van der Waals surface area contributed by atoms with Crippen molar-refractivity contribution in [3.8, 4) is 0 Å². The summed E-state index contributed by atoms with van der Waals surface area (Å²) in [5.74, 6) is 0. The summed E-state index contributed by atoms with van der Waals surface area (Å²) in [4.78, 5) is -2.22. The van der Waals surface area contributed by atoms with E-state index >= 15 is 0 Å². The second-order valence-corrected chi connectivity index (χ2v) is 37.8. The van der Waals surface area contributed by atoms with Crippen LogP contribution in [0.1, 0.15) is 0 Å². The monoisotopic (exact) mass is 2160 g/mol. The van der Waals surface area contributed by atoms with E-state index in [1.165, 1.54) is 291 Å². The third-order valence-electron chi connectivity index (χ3n) is 12.4. The first-order valence-corrected chi connectivity index (χ1v) is 48.3. The zero-order chi connectivity index (χ0) is 91.4. The summed E-state index contributed by atoms with van der Waals surface area (Å²) in [6.07, 6.45) is 0. The molecule has 0 N–H and O–H groups in total. The molecular formula is C72H60Na12O36S12. The van der Waals surface area contributed by atoms with Gasteiger partial charge < -0.3 is 54.6 Å². The van der Waals surface area contributed by atoms with Gasteiger partial charge in [-0.3, -0.25) is 0 Å². The summed E-state index contributed by atoms with van der Waals surface area (Å²) in [6.45, 7) is 0. The number of rotatable bonds is 12. The van der Waals surface area contributed by atoms with Gasteiger partial charge in [-0.25, -0.2) is 101 Å². The van der Waals surface area contributed by atoms with E-state index in [4.69, 9.17) is 0 Å². The quantitative estimate of drug-likeness (QED) is 0.0809. The Bertz CT molecular complexity index is 5120. The Morgan fingerprint density at radius 2 is 0.129 bits per heavy atom. The molecule has 0 spiro atoms. The summed E-state index contributed by atoms with van der Waals surface area (Å²) >= 11 is 0. The van der Waals surface area contributed by atoms with Crippen LogP contribution in [-0.2, 0) is 121 Å². The molecule has 36 nitrogen and oxygen atoms in total. The van der Waals surface area contributed by atoms with Crippen LogP contribution in [0.4, 0.5) is 0 Å². The molecule has 0 atom stereocenters. The molecule has 0 heterocycles. The summed E-state index contributed by atoms with van der Waals surface area (Å²) in [5.41, 5.74) is 0. The first-order chi connectivity index (χ1) is 55.3. The number of benzene rings is 12. The average molecular weight is 2160 g/mol. The molecule has 12 aromatic carbocycles. The zero-order valence-corrected chi connectivity index (χ0v) is 106. The molecule has 132 heavy (non-hydrogen) atoms. The van der Waals surface area contributed by atoms with E-state index in [0.29, 0.717) is 0 Å². The zero-order valence-electron chi connectivity index (χ0n) is 72.2. The van der Waals surface area contributed by atoms with Crippen LogP contribution in [0.5, 0.6) is 0 Å². The standard InChI is InChI=1S/12C6H6O3S.12Na/c12*7-10(8,9)6-4-2-1-3-5-6;;;;;;;;;;;;/h12*1-5H,(H,7,8,9);;;;;;;;;;;;/q;;;;;;;;;;;;12*+1/p-12. The van der Waals surface area contributed by atoms with Crippen molar-refractivity contribution in [3.05, 3.63) is 364 Å². The molecule has 0 saturated heterocycles. The fourth-order valence-corrected chi connectivity index (χ4v) is 12.9. The molecule has 0 unspecified atom stereocenters. The SMILES string of the molecule is O=S(=O)([O-])c1ccccc1.O=S(=O)([O-])c1ccccc1.O=S(=O)([O-])c1ccccc1.O=S(=O)([O-])c1ccccc1.O=S(=O)([O-])c1ccccc1.O=S(=O)([O-])c1ccccc1.O=S(=O)([O-])c1ccccc1.O=S(=O)([O-])c1ccccc1.O=S(=O)([O-])c1ccccc1.O=S(=O)([O-])c1ccccc1.O=S(=O)([O-])c1ccccc1.O=S(=O)([O-])c1ccccc1.[Na+].[Na+].[Na+].[Na+].[Na+].[Na+].[Na+].[Na+].[Na+].[Na+].[Na+].[Na+]. The fraction of sp³-hybridized carbons (Fsp3) is 0. The van der Waals surface area contributed by atoms with Crippen LogP contribution in [0.15, 0.2) is 423 Å². The Hall–Kier alpha value is 1.56. The topological polar surface area (TPSA) is 686 Å². The second-order valence-electron chi connectivity index (χ2n) is 21.2. The van der Waals surface area contributed by atoms with Gasteiger partial charge in [0.15, 0.2) is 0 Å². The van der Waals surface area contributed by atoms with Crippen LogP contribution in [-0.4, -0.2) is 156 Å². The van der Waals surface area contributed by atoms with E-state index in [-0.39, 0.29) is 413 Å². The maximum atomic E-state index is 10.3. The molecule has 12 aromatic rings. The maximum Gasteiger partial charge on any atom is 1.00 e. The predicted molar refractivity (Wildman–Crippen MR) is 413 cm³/mol. The third kappa shape index (κ3) is 78.0. The van der Waals surface area contributed by atoms with Crippen LogP contribution < -0.4 is 355 Å². The van der Waals surface area contributed by atoms with Gasteiger partial charge in [0.1, 0.15) is 121 Å². The van der Waals surface area contributed by atoms with Crippen LogP contribution in [0, 0.1) is 0 Å². The van der Waals surface area contributed by atoms with Crippen LogP contribution >= 0.6 is 0 Å². The van der Waals surface area contributed by atoms with E-state index in [1.54, 1.807) is 72.8 Å². The van der Waals surface area contributed by atoms with Gasteiger partial charge in [-0.15, -0.1) is 0 Å². The van der Waals surface area contributed by atoms with E-state index < -0.39 is 121 Å². The van der Waals surface area contributed by atoms with Gasteiger partial charge in [0, 0.05) is 0 Å². The maximum absolute atomic E-state index is 10.3. The van der Waals surface area contributed by atoms with Gasteiger partial charge in [0.25, 0.3) is 0 Å². The average Bonchev–Trinajstić information content (AvgIpc) is 0.978. The third-order valence-corrected chi connectivity index (χ3v) is 22.6. The minimum atomic E-state index is -4.25. The van der Waals surface area contributed by atoms with Gasteiger partial charge >= 0.3 is 355 Å². The molecule has 0 aromatic heterocycles. The van der Waals surface area contributed by atoms with Crippen molar-refractivity contribution >= 4 is 121 Å². The Kier molecular flexibility index (Phi) is 96.0. The summed E-state index contributed by atoms with van der Waals surface area (Å²) in [7, 11) is -51.0. The molecule has 0 saturated carbocycles. The molecule has 0 aliphatic carbocycles. The van der Waals surface area contributed by atoms with Crippen molar-refractivity contribution in [1.82, 2.24) is 0 Å². The number of hydrogen-bond donors (Lipinski definition) is 0. The van der Waals surface area contributed by atoms with Crippen molar-refractivity contribution in [2.75, 3.05) is 0 Å². The Morgan fingerprint density at radius 3 is 0.152 bits per heavy atom. The van der Waals surface area contributed by atoms with Crippen molar-refractivity contribution in [1.29, 1.82) is 0 Å². The summed E-state index contributed by atoms with van der Waals surface area (Å²) in [5, 5.41) is 0. The van der Waals surface area contributed by atoms with Gasteiger partial charge in [-0.05, 0) is 146 Å². The fourth-order valence-electron chi connectivity index (χ4n) is 7.05. The van der Waals surface area contributed by atoms with E-state index in [0.717, 1.165) is 0 Å². The van der Waals surface area contributed by atoms with Crippen molar-refractivity contribution in [2.24, 2.45) is 0 Å². The minimum absolute atomic E-state index is 0. The Morgan fingerprint density at radius 1 is 0.0909 bits per heavy atom. The Labute approximate surface area is 1030 Å². The predicted octanol–water partition coefficient (Wildman–Crippen LogP) is -28.9. The molecule has 60 heteroatoms. The van der Waals surface area contributed by atoms with Crippen molar-refractivity contribution < 1.29 is 510 Å². The van der Waals surface area contributed by atoms with Gasteiger partial charge in [0.2, 0.25) is 0 Å². The largest absolute Gasteiger partial charge is 1.00 e. The second kappa shape index (κ2) is 79.8. The molecule has 0 fully saturated rings. The van der Waals surface area contributed by atoms with E-state index in [9.17, 15) is 156 Å². The molecule has 0 aliphatic heterocycles. The summed E-state index contributed by atoms with van der Waals surface area (Å²) < 4.78 is 370. The van der Waals surface area contributed by atoms with Gasteiger partial charge in [0.05, 0.1) is 58.7 Å². The van der Waals surface area contributed by atoms with Crippen LogP contribution in [0.25, 0.3) is 0 Å². The molecule has 0 aliphatic rings. The summed E-state index contributed by atoms with van der Waals surface area (Å²) in [6, 6.07) is 86.3. The first kappa shape index (κ1) is 159. The molecule has 0 bridgehead atoms. The molecule has 0 amide bonds. The van der Waals surface area contributed by atoms with Crippen LogP contribution in [0.3, 0.4) is 0 Å². The molecule has 0 radical (unpaired) electrons. The molecule has 12 rings (SSSR count). The van der Waals surface area contributed by atoms with Gasteiger partial charge in [-0.1, -0.05) is 218 Å². The molecule has 648 valence electrons. The Balaban J connectivity index is -0.000000118. The van der Waals surface area contributed by atoms with E-state index in [1.807, 2.05) is 0 Å². The minimum Gasteiger partial charge on any atom is -0.744 e. The molecular weight excluding hydrogens is 2100 g/mol. The van der Waals surface area contributed by atoms with Crippen molar-refractivity contribution in [2.45, 2.75) is 58.7 Å². The van der Waals surface area contributed by atoms with E-state index in [2.05, 4.69) is 0 Å². The normalized spacial score (nSPS) is 10.3. The van der Waals surface area contributed by atoms with Crippen molar-refractivity contribution in [3.63, 3.8) is 0 Å². The smallest absolute Gasteiger partial charge is 0.744 e.